The van der Waals surface area contributed by atoms with Crippen molar-refractivity contribution in [2.75, 3.05) is 0 Å². The van der Waals surface area contributed by atoms with E-state index in [1.165, 1.54) is 4.80 Å². The van der Waals surface area contributed by atoms with E-state index >= 15 is 0 Å². The topological polar surface area (TPSA) is 96.1 Å². The zero-order valence-electron chi connectivity index (χ0n) is 11.3. The average Bonchev–Trinajstić information content (AvgIpc) is 3.21. The fourth-order valence-corrected chi connectivity index (χ4v) is 2.18. The second kappa shape index (κ2) is 4.79. The molecule has 0 saturated carbocycles. The van der Waals surface area contributed by atoms with E-state index in [2.05, 4.69) is 31.4 Å². The number of rotatable bonds is 2. The summed E-state index contributed by atoms with van der Waals surface area (Å²) in [5.41, 5.74) is 2.98. The standard InChI is InChI=1S/C15H9N7/c16-9-10-4-3-5-11(8-10)22-20-15(19-21-22)14-17-12-6-1-2-7-13(12)18-14/h1-8H,(H,17,18). The van der Waals surface area contributed by atoms with Gasteiger partial charge in [0.1, 0.15) is 0 Å². The molecule has 2 heterocycles. The number of nitriles is 1. The first-order valence-corrected chi connectivity index (χ1v) is 6.59. The molecule has 0 aliphatic carbocycles. The molecular weight excluding hydrogens is 278 g/mol. The SMILES string of the molecule is N#Cc1cccc(-n2nnc(-c3nc4ccccc4[nH]3)n2)c1. The van der Waals surface area contributed by atoms with Crippen LogP contribution in [0.4, 0.5) is 0 Å². The van der Waals surface area contributed by atoms with Gasteiger partial charge in [0.25, 0.3) is 0 Å². The molecule has 0 saturated heterocycles. The summed E-state index contributed by atoms with van der Waals surface area (Å²) in [6, 6.07) is 16.8. The molecule has 7 nitrogen and oxygen atoms in total. The zero-order chi connectivity index (χ0) is 14.9. The zero-order valence-corrected chi connectivity index (χ0v) is 11.3. The highest BCUT2D eigenvalue weighted by Crippen LogP contribution is 2.17. The Morgan fingerprint density at radius 2 is 2.00 bits per heavy atom. The third kappa shape index (κ3) is 1.99. The molecule has 0 fully saturated rings. The summed E-state index contributed by atoms with van der Waals surface area (Å²) in [5.74, 6) is 0.961. The molecule has 2 aromatic heterocycles. The Bertz CT molecular complexity index is 973. The van der Waals surface area contributed by atoms with E-state index in [9.17, 15) is 0 Å². The van der Waals surface area contributed by atoms with Crippen LogP contribution in [0.25, 0.3) is 28.4 Å². The van der Waals surface area contributed by atoms with Crippen molar-refractivity contribution in [3.63, 3.8) is 0 Å². The minimum Gasteiger partial charge on any atom is -0.335 e. The van der Waals surface area contributed by atoms with Gasteiger partial charge in [0.05, 0.1) is 28.4 Å². The summed E-state index contributed by atoms with van der Waals surface area (Å²) < 4.78 is 0. The quantitative estimate of drug-likeness (QED) is 0.609. The highest BCUT2D eigenvalue weighted by Gasteiger charge is 2.11. The van der Waals surface area contributed by atoms with Crippen LogP contribution in [0.3, 0.4) is 0 Å². The fourth-order valence-electron chi connectivity index (χ4n) is 2.18. The maximum atomic E-state index is 8.94. The van der Waals surface area contributed by atoms with Crippen LogP contribution in [0.1, 0.15) is 5.56 Å². The number of imidazole rings is 1. The molecule has 22 heavy (non-hydrogen) atoms. The minimum absolute atomic E-state index is 0.401. The predicted octanol–water partition coefficient (Wildman–Crippen LogP) is 2.08. The number of hydrogen-bond donors (Lipinski definition) is 1. The summed E-state index contributed by atoms with van der Waals surface area (Å²) in [6.07, 6.45) is 0. The van der Waals surface area contributed by atoms with E-state index in [4.69, 9.17) is 5.26 Å². The van der Waals surface area contributed by atoms with Gasteiger partial charge in [-0.15, -0.1) is 15.0 Å². The highest BCUT2D eigenvalue weighted by molar-refractivity contribution is 5.77. The number of benzene rings is 2. The average molecular weight is 287 g/mol. The van der Waals surface area contributed by atoms with Crippen molar-refractivity contribution in [1.29, 1.82) is 5.26 Å². The number of hydrogen-bond acceptors (Lipinski definition) is 5. The van der Waals surface area contributed by atoms with Gasteiger partial charge in [0, 0.05) is 0 Å². The monoisotopic (exact) mass is 287 g/mol. The Morgan fingerprint density at radius 1 is 1.09 bits per heavy atom. The molecule has 2 aromatic carbocycles. The van der Waals surface area contributed by atoms with Gasteiger partial charge in [0.15, 0.2) is 5.82 Å². The lowest BCUT2D eigenvalue weighted by Crippen LogP contribution is -1.99. The lowest BCUT2D eigenvalue weighted by molar-refractivity contribution is 0.720. The molecule has 4 rings (SSSR count). The van der Waals surface area contributed by atoms with Crippen LogP contribution >= 0.6 is 0 Å². The van der Waals surface area contributed by atoms with Gasteiger partial charge in [-0.2, -0.15) is 5.26 Å². The van der Waals surface area contributed by atoms with Crippen molar-refractivity contribution in [2.45, 2.75) is 0 Å². The molecule has 0 spiro atoms. The lowest BCUT2D eigenvalue weighted by atomic mass is 10.2. The first-order chi connectivity index (χ1) is 10.8. The van der Waals surface area contributed by atoms with Crippen LogP contribution in [0.15, 0.2) is 48.5 Å². The largest absolute Gasteiger partial charge is 0.335 e. The van der Waals surface area contributed by atoms with Crippen LogP contribution < -0.4 is 0 Å². The molecule has 104 valence electrons. The van der Waals surface area contributed by atoms with E-state index in [-0.39, 0.29) is 0 Å². The van der Waals surface area contributed by atoms with Crippen molar-refractivity contribution < 1.29 is 0 Å². The van der Waals surface area contributed by atoms with Gasteiger partial charge in [-0.05, 0) is 35.5 Å². The number of fused-ring (bicyclic) bond motifs is 1. The third-order valence-electron chi connectivity index (χ3n) is 3.22. The number of aromatic nitrogens is 6. The molecule has 0 aliphatic heterocycles. The van der Waals surface area contributed by atoms with Gasteiger partial charge < -0.3 is 4.98 Å². The van der Waals surface area contributed by atoms with E-state index in [1.807, 2.05) is 30.3 Å². The molecule has 0 bridgehead atoms. The molecule has 1 N–H and O–H groups in total. The summed E-state index contributed by atoms with van der Waals surface area (Å²) in [4.78, 5) is 8.97. The Morgan fingerprint density at radius 3 is 2.86 bits per heavy atom. The minimum atomic E-state index is 0.401. The summed E-state index contributed by atoms with van der Waals surface area (Å²) in [5, 5.41) is 21.3. The first kappa shape index (κ1) is 12.2. The molecule has 0 unspecified atom stereocenters. The molecule has 0 amide bonds. The summed E-state index contributed by atoms with van der Waals surface area (Å²) in [6.45, 7) is 0. The summed E-state index contributed by atoms with van der Waals surface area (Å²) >= 11 is 0. The Hall–Kier alpha value is -3.53. The maximum Gasteiger partial charge on any atom is 0.240 e. The fraction of sp³-hybridized carbons (Fsp3) is 0. The Balaban J connectivity index is 1.76. The van der Waals surface area contributed by atoms with Gasteiger partial charge in [-0.1, -0.05) is 18.2 Å². The van der Waals surface area contributed by atoms with Gasteiger partial charge in [0.2, 0.25) is 5.82 Å². The van der Waals surface area contributed by atoms with E-state index in [0.29, 0.717) is 22.9 Å². The number of tetrazole rings is 1. The predicted molar refractivity (Wildman–Crippen MR) is 79.0 cm³/mol. The van der Waals surface area contributed by atoms with E-state index < -0.39 is 0 Å². The van der Waals surface area contributed by atoms with Crippen LogP contribution in [-0.4, -0.2) is 30.2 Å². The van der Waals surface area contributed by atoms with Crippen molar-refractivity contribution in [3.05, 3.63) is 54.1 Å². The normalized spacial score (nSPS) is 10.7. The molecule has 0 aliphatic rings. The Kier molecular flexibility index (Phi) is 2.66. The number of aromatic amines is 1. The van der Waals surface area contributed by atoms with Gasteiger partial charge in [-0.25, -0.2) is 4.98 Å². The number of para-hydroxylation sites is 2. The Labute approximate surface area is 124 Å². The number of H-pyrrole nitrogens is 1. The smallest absolute Gasteiger partial charge is 0.240 e. The number of nitrogens with zero attached hydrogens (tertiary/aromatic N) is 6. The van der Waals surface area contributed by atoms with Crippen LogP contribution in [0.5, 0.6) is 0 Å². The van der Waals surface area contributed by atoms with Crippen LogP contribution in [0.2, 0.25) is 0 Å². The van der Waals surface area contributed by atoms with E-state index in [1.54, 1.807) is 18.2 Å². The maximum absolute atomic E-state index is 8.94. The highest BCUT2D eigenvalue weighted by atomic mass is 15.6. The molecule has 0 atom stereocenters. The van der Waals surface area contributed by atoms with Gasteiger partial charge in [-0.3, -0.25) is 0 Å². The van der Waals surface area contributed by atoms with Crippen molar-refractivity contribution in [3.8, 4) is 23.4 Å². The molecule has 4 aromatic rings. The third-order valence-corrected chi connectivity index (χ3v) is 3.22. The van der Waals surface area contributed by atoms with Crippen molar-refractivity contribution in [2.24, 2.45) is 0 Å². The second-order valence-corrected chi connectivity index (χ2v) is 4.67. The van der Waals surface area contributed by atoms with Crippen LogP contribution in [0, 0.1) is 11.3 Å². The second-order valence-electron chi connectivity index (χ2n) is 4.67. The van der Waals surface area contributed by atoms with Crippen LogP contribution in [-0.2, 0) is 0 Å². The lowest BCUT2D eigenvalue weighted by Gasteiger charge is -1.97. The van der Waals surface area contributed by atoms with E-state index in [0.717, 1.165) is 11.0 Å². The van der Waals surface area contributed by atoms with Crippen molar-refractivity contribution >= 4 is 11.0 Å². The first-order valence-electron chi connectivity index (χ1n) is 6.59. The van der Waals surface area contributed by atoms with Gasteiger partial charge >= 0.3 is 0 Å². The van der Waals surface area contributed by atoms with Crippen molar-refractivity contribution in [1.82, 2.24) is 30.2 Å². The molecule has 0 radical (unpaired) electrons. The molecular formula is C15H9N7. The number of nitrogens with one attached hydrogen (secondary N) is 1. The molecule has 7 heteroatoms. The summed E-state index contributed by atoms with van der Waals surface area (Å²) in [7, 11) is 0.